The molecule has 0 aliphatic carbocycles. The number of amides is 1. The summed E-state index contributed by atoms with van der Waals surface area (Å²) in [6.07, 6.45) is 1.43. The fourth-order valence-electron chi connectivity index (χ4n) is 1.86. The Hall–Kier alpha value is -1.65. The lowest BCUT2D eigenvalue weighted by Gasteiger charge is -2.15. The minimum Gasteiger partial charge on any atom is -0.479 e. The van der Waals surface area contributed by atoms with Crippen molar-refractivity contribution in [3.05, 3.63) is 59.1 Å². The van der Waals surface area contributed by atoms with Gasteiger partial charge in [-0.2, -0.15) is 0 Å². The minimum atomic E-state index is -0.606. The molecule has 2 aromatic rings. The minimum absolute atomic E-state index is 0.172. The van der Waals surface area contributed by atoms with E-state index < -0.39 is 6.10 Å². The van der Waals surface area contributed by atoms with E-state index in [-0.39, 0.29) is 5.91 Å². The second kappa shape index (κ2) is 8.11. The van der Waals surface area contributed by atoms with Gasteiger partial charge < -0.3 is 10.1 Å². The lowest BCUT2D eigenvalue weighted by atomic mass is 10.2. The van der Waals surface area contributed by atoms with Crippen LogP contribution in [0.25, 0.3) is 0 Å². The van der Waals surface area contributed by atoms with Crippen LogP contribution < -0.4 is 10.1 Å². The Balaban J connectivity index is 1.87. The summed E-state index contributed by atoms with van der Waals surface area (Å²) in [6, 6.07) is 15.2. The van der Waals surface area contributed by atoms with Crippen molar-refractivity contribution in [2.45, 2.75) is 24.5 Å². The van der Waals surface area contributed by atoms with Crippen LogP contribution >= 0.6 is 23.4 Å². The Labute approximate surface area is 140 Å². The van der Waals surface area contributed by atoms with E-state index in [4.69, 9.17) is 16.3 Å². The number of thioether (sulfide) groups is 1. The second-order valence-corrected chi connectivity index (χ2v) is 6.04. The van der Waals surface area contributed by atoms with Gasteiger partial charge in [0.1, 0.15) is 5.75 Å². The molecule has 0 aliphatic rings. The summed E-state index contributed by atoms with van der Waals surface area (Å²) in [5.74, 6) is 0.338. The molecule has 0 saturated carbocycles. The van der Waals surface area contributed by atoms with Crippen LogP contribution in [0, 0.1) is 0 Å². The van der Waals surface area contributed by atoms with Crippen LogP contribution in [-0.4, -0.2) is 18.3 Å². The van der Waals surface area contributed by atoms with E-state index in [1.165, 1.54) is 4.90 Å². The van der Waals surface area contributed by atoms with E-state index in [0.29, 0.717) is 17.3 Å². The molecule has 0 aliphatic heterocycles. The average molecular weight is 336 g/mol. The van der Waals surface area contributed by atoms with Crippen molar-refractivity contribution in [2.24, 2.45) is 0 Å². The van der Waals surface area contributed by atoms with Gasteiger partial charge in [-0.25, -0.2) is 0 Å². The van der Waals surface area contributed by atoms with Crippen molar-refractivity contribution in [1.82, 2.24) is 5.32 Å². The molecular formula is C17H18ClNO2S. The molecule has 2 rings (SSSR count). The number of hydrogen-bond acceptors (Lipinski definition) is 3. The lowest BCUT2D eigenvalue weighted by molar-refractivity contribution is -0.127. The smallest absolute Gasteiger partial charge is 0.261 e. The lowest BCUT2D eigenvalue weighted by Crippen LogP contribution is -2.35. The van der Waals surface area contributed by atoms with Crippen LogP contribution in [0.15, 0.2) is 53.4 Å². The van der Waals surface area contributed by atoms with E-state index >= 15 is 0 Å². The van der Waals surface area contributed by atoms with Crippen LogP contribution in [0.4, 0.5) is 0 Å². The Morgan fingerprint density at radius 1 is 1.23 bits per heavy atom. The van der Waals surface area contributed by atoms with E-state index in [1.54, 1.807) is 30.8 Å². The van der Waals surface area contributed by atoms with Crippen molar-refractivity contribution >= 4 is 29.3 Å². The maximum Gasteiger partial charge on any atom is 0.261 e. The van der Waals surface area contributed by atoms with Crippen molar-refractivity contribution in [3.8, 4) is 5.75 Å². The molecule has 22 heavy (non-hydrogen) atoms. The molecule has 1 atom stereocenters. The third-order valence-corrected chi connectivity index (χ3v) is 4.19. The zero-order valence-corrected chi connectivity index (χ0v) is 14.1. The SMILES string of the molecule is CSc1ccc(CNC(=O)C(C)Oc2ccccc2Cl)cc1. The molecule has 1 unspecified atom stereocenters. The van der Waals surface area contributed by atoms with Crippen molar-refractivity contribution in [1.29, 1.82) is 0 Å². The summed E-state index contributed by atoms with van der Waals surface area (Å²) in [5.41, 5.74) is 1.05. The Morgan fingerprint density at radius 3 is 2.55 bits per heavy atom. The number of carbonyl (C=O) groups is 1. The molecule has 0 radical (unpaired) electrons. The summed E-state index contributed by atoms with van der Waals surface area (Å²) in [7, 11) is 0. The number of para-hydroxylation sites is 1. The summed E-state index contributed by atoms with van der Waals surface area (Å²) in [4.78, 5) is 13.3. The van der Waals surface area contributed by atoms with E-state index in [9.17, 15) is 4.79 Å². The standard InChI is InChI=1S/C17H18ClNO2S/c1-12(21-16-6-4-3-5-15(16)18)17(20)19-11-13-7-9-14(22-2)10-8-13/h3-10,12H,11H2,1-2H3,(H,19,20). The molecule has 0 aromatic heterocycles. The maximum absolute atomic E-state index is 12.1. The molecule has 0 spiro atoms. The predicted molar refractivity (Wildman–Crippen MR) is 91.6 cm³/mol. The predicted octanol–water partition coefficient (Wildman–Crippen LogP) is 4.15. The monoisotopic (exact) mass is 335 g/mol. The van der Waals surface area contributed by atoms with Gasteiger partial charge in [0, 0.05) is 11.4 Å². The first-order chi connectivity index (χ1) is 10.6. The summed E-state index contributed by atoms with van der Waals surface area (Å²) < 4.78 is 5.58. The molecule has 2 aromatic carbocycles. The molecule has 116 valence electrons. The third kappa shape index (κ3) is 4.68. The average Bonchev–Trinajstić information content (AvgIpc) is 2.55. The summed E-state index contributed by atoms with van der Waals surface area (Å²) in [6.45, 7) is 2.18. The van der Waals surface area contributed by atoms with Gasteiger partial charge in [-0.1, -0.05) is 35.9 Å². The fraction of sp³-hybridized carbons (Fsp3) is 0.235. The van der Waals surface area contributed by atoms with E-state index in [2.05, 4.69) is 5.32 Å². The van der Waals surface area contributed by atoms with E-state index in [1.807, 2.05) is 42.7 Å². The number of benzene rings is 2. The van der Waals surface area contributed by atoms with Crippen LogP contribution in [0.5, 0.6) is 5.75 Å². The number of ether oxygens (including phenoxy) is 1. The molecule has 1 N–H and O–H groups in total. The van der Waals surface area contributed by atoms with Gasteiger partial charge in [0.05, 0.1) is 5.02 Å². The third-order valence-electron chi connectivity index (χ3n) is 3.14. The van der Waals surface area contributed by atoms with Gasteiger partial charge in [-0.15, -0.1) is 11.8 Å². The first-order valence-electron chi connectivity index (χ1n) is 6.92. The highest BCUT2D eigenvalue weighted by Crippen LogP contribution is 2.24. The molecule has 0 bridgehead atoms. The first kappa shape index (κ1) is 16.7. The van der Waals surface area contributed by atoms with E-state index in [0.717, 1.165) is 5.56 Å². The van der Waals surface area contributed by atoms with Crippen LogP contribution in [-0.2, 0) is 11.3 Å². The highest BCUT2D eigenvalue weighted by molar-refractivity contribution is 7.98. The highest BCUT2D eigenvalue weighted by atomic mass is 35.5. The van der Waals surface area contributed by atoms with Gasteiger partial charge in [-0.05, 0) is 43.0 Å². The number of hydrogen-bond donors (Lipinski definition) is 1. The summed E-state index contributed by atoms with van der Waals surface area (Å²) in [5, 5.41) is 3.36. The Bertz CT molecular complexity index is 631. The van der Waals surface area contributed by atoms with Crippen molar-refractivity contribution in [3.63, 3.8) is 0 Å². The molecule has 3 nitrogen and oxygen atoms in total. The van der Waals surface area contributed by atoms with Crippen LogP contribution in [0.3, 0.4) is 0 Å². The molecule has 0 heterocycles. The topological polar surface area (TPSA) is 38.3 Å². The van der Waals surface area contributed by atoms with Gasteiger partial charge in [0.25, 0.3) is 5.91 Å². The van der Waals surface area contributed by atoms with Gasteiger partial charge in [0.15, 0.2) is 6.10 Å². The molecule has 1 amide bonds. The van der Waals surface area contributed by atoms with Gasteiger partial charge in [-0.3, -0.25) is 4.79 Å². The maximum atomic E-state index is 12.1. The zero-order chi connectivity index (χ0) is 15.9. The second-order valence-electron chi connectivity index (χ2n) is 4.76. The Morgan fingerprint density at radius 2 is 1.91 bits per heavy atom. The van der Waals surface area contributed by atoms with Crippen molar-refractivity contribution in [2.75, 3.05) is 6.26 Å². The summed E-state index contributed by atoms with van der Waals surface area (Å²) >= 11 is 7.71. The van der Waals surface area contributed by atoms with Crippen molar-refractivity contribution < 1.29 is 9.53 Å². The largest absolute Gasteiger partial charge is 0.479 e. The first-order valence-corrected chi connectivity index (χ1v) is 8.52. The number of nitrogens with one attached hydrogen (secondary N) is 1. The number of carbonyl (C=O) groups excluding carboxylic acids is 1. The fourth-order valence-corrected chi connectivity index (χ4v) is 2.45. The molecule has 0 fully saturated rings. The van der Waals surface area contributed by atoms with Crippen LogP contribution in [0.1, 0.15) is 12.5 Å². The van der Waals surface area contributed by atoms with Gasteiger partial charge in [0.2, 0.25) is 0 Å². The zero-order valence-electron chi connectivity index (χ0n) is 12.5. The quantitative estimate of drug-likeness (QED) is 0.806. The molecule has 5 heteroatoms. The number of halogens is 1. The highest BCUT2D eigenvalue weighted by Gasteiger charge is 2.15. The van der Waals surface area contributed by atoms with Gasteiger partial charge >= 0.3 is 0 Å². The number of rotatable bonds is 6. The normalized spacial score (nSPS) is 11.8. The molecule has 0 saturated heterocycles. The Kier molecular flexibility index (Phi) is 6.16. The molecular weight excluding hydrogens is 318 g/mol. The van der Waals surface area contributed by atoms with Crippen LogP contribution in [0.2, 0.25) is 5.02 Å².